The van der Waals surface area contributed by atoms with Gasteiger partial charge in [0.1, 0.15) is 0 Å². The summed E-state index contributed by atoms with van der Waals surface area (Å²) in [5.74, 6) is 0. The molecular weight excluding hydrogens is 487 g/mol. The molecule has 0 saturated heterocycles. The van der Waals surface area contributed by atoms with Crippen molar-refractivity contribution in [3.05, 3.63) is 0 Å². The van der Waals surface area contributed by atoms with Crippen LogP contribution in [0.1, 0.15) is 220 Å². The van der Waals surface area contributed by atoms with Crippen LogP contribution in [0, 0.1) is 0 Å². The third-order valence-electron chi connectivity index (χ3n) is 9.44. The van der Waals surface area contributed by atoms with Crippen LogP contribution in [-0.2, 0) is 0 Å². The first-order valence-electron chi connectivity index (χ1n) is 19.1. The Kier molecular flexibility index (Phi) is 33.3. The van der Waals surface area contributed by atoms with E-state index in [9.17, 15) is 0 Å². The second-order valence-electron chi connectivity index (χ2n) is 13.4. The molecule has 0 N–H and O–H groups in total. The van der Waals surface area contributed by atoms with E-state index in [1.807, 2.05) is 0 Å². The van der Waals surface area contributed by atoms with Crippen LogP contribution in [0.25, 0.3) is 0 Å². The summed E-state index contributed by atoms with van der Waals surface area (Å²) in [4.78, 5) is 0. The minimum atomic E-state index is -0.729. The van der Waals surface area contributed by atoms with E-state index in [2.05, 4.69) is 27.7 Å². The first kappa shape index (κ1) is 39.4. The Bertz CT molecular complexity index is 394. The molecule has 0 aliphatic rings. The van der Waals surface area contributed by atoms with Gasteiger partial charge in [-0.25, -0.2) is 0 Å². The molecule has 0 bridgehead atoms. The molecule has 0 saturated carbocycles. The van der Waals surface area contributed by atoms with Gasteiger partial charge in [-0.05, 0) is 51.4 Å². The Morgan fingerprint density at radius 3 is 0.538 bits per heavy atom. The van der Waals surface area contributed by atoms with Crippen molar-refractivity contribution in [2.75, 3.05) is 24.6 Å². The fourth-order valence-electron chi connectivity index (χ4n) is 6.64. The first-order chi connectivity index (χ1) is 19.2. The number of rotatable bonds is 34. The molecule has 0 spiro atoms. The van der Waals surface area contributed by atoms with E-state index in [4.69, 9.17) is 0 Å². The highest BCUT2D eigenvalue weighted by atomic mass is 31.2. The average molecular weight is 568 g/mol. The summed E-state index contributed by atoms with van der Waals surface area (Å²) in [5.41, 5.74) is 0. The predicted octanol–water partition coefficient (Wildman–Crippen LogP) is 14.8. The molecule has 0 rings (SSSR count). The molecule has 0 aromatic carbocycles. The topological polar surface area (TPSA) is 0 Å². The van der Waals surface area contributed by atoms with Crippen LogP contribution in [0.15, 0.2) is 0 Å². The van der Waals surface area contributed by atoms with E-state index >= 15 is 0 Å². The minimum Gasteiger partial charge on any atom is -0.0654 e. The zero-order valence-corrected chi connectivity index (χ0v) is 29.4. The average Bonchev–Trinajstić information content (AvgIpc) is 2.94. The van der Waals surface area contributed by atoms with Crippen molar-refractivity contribution in [2.45, 2.75) is 220 Å². The summed E-state index contributed by atoms with van der Waals surface area (Å²) >= 11 is 0. The van der Waals surface area contributed by atoms with Crippen LogP contribution in [0.2, 0.25) is 0 Å². The van der Waals surface area contributed by atoms with Gasteiger partial charge in [0.05, 0.1) is 24.6 Å². The number of hydrogen-bond acceptors (Lipinski definition) is 0. The Labute approximate surface area is 251 Å². The Balaban J connectivity index is 4.35. The molecular formula is C38H80P+. The van der Waals surface area contributed by atoms with Crippen molar-refractivity contribution >= 4 is 7.26 Å². The molecule has 0 nitrogen and oxygen atoms in total. The molecule has 0 aromatic rings. The smallest absolute Gasteiger partial charge is 0.0594 e. The summed E-state index contributed by atoms with van der Waals surface area (Å²) in [5, 5.41) is 0. The second kappa shape index (κ2) is 32.9. The number of unbranched alkanes of at least 4 members (excludes halogenated alkanes) is 26. The lowest BCUT2D eigenvalue weighted by atomic mass is 10.0. The lowest BCUT2D eigenvalue weighted by molar-refractivity contribution is 0.534. The molecule has 0 radical (unpaired) electrons. The lowest BCUT2D eigenvalue weighted by Crippen LogP contribution is -2.13. The van der Waals surface area contributed by atoms with Gasteiger partial charge >= 0.3 is 0 Å². The maximum absolute atomic E-state index is 2.36. The predicted molar refractivity (Wildman–Crippen MR) is 188 cm³/mol. The van der Waals surface area contributed by atoms with Crippen LogP contribution >= 0.6 is 7.26 Å². The highest BCUT2D eigenvalue weighted by Gasteiger charge is 2.34. The number of hydrogen-bond donors (Lipinski definition) is 0. The van der Waals surface area contributed by atoms with Crippen LogP contribution in [0.5, 0.6) is 0 Å². The Morgan fingerprint density at radius 2 is 0.359 bits per heavy atom. The van der Waals surface area contributed by atoms with Crippen LogP contribution in [-0.4, -0.2) is 24.6 Å². The largest absolute Gasteiger partial charge is 0.0654 e. The zero-order valence-electron chi connectivity index (χ0n) is 28.5. The molecule has 39 heavy (non-hydrogen) atoms. The van der Waals surface area contributed by atoms with Crippen molar-refractivity contribution in [2.24, 2.45) is 0 Å². The minimum absolute atomic E-state index is 0.729. The van der Waals surface area contributed by atoms with Crippen molar-refractivity contribution in [3.63, 3.8) is 0 Å². The van der Waals surface area contributed by atoms with Gasteiger partial charge < -0.3 is 0 Å². The third kappa shape index (κ3) is 28.3. The van der Waals surface area contributed by atoms with E-state index in [0.29, 0.717) is 0 Å². The van der Waals surface area contributed by atoms with E-state index < -0.39 is 7.26 Å². The lowest BCUT2D eigenvalue weighted by Gasteiger charge is -2.28. The van der Waals surface area contributed by atoms with E-state index in [1.54, 1.807) is 50.3 Å². The van der Waals surface area contributed by atoms with Crippen molar-refractivity contribution in [1.29, 1.82) is 0 Å². The molecule has 0 heterocycles. The zero-order chi connectivity index (χ0) is 28.5. The maximum atomic E-state index is 2.36. The van der Waals surface area contributed by atoms with E-state index in [1.165, 1.54) is 167 Å². The molecule has 0 unspecified atom stereocenters. The molecule has 0 aromatic heterocycles. The molecule has 0 atom stereocenters. The van der Waals surface area contributed by atoms with E-state index in [-0.39, 0.29) is 0 Å². The van der Waals surface area contributed by atoms with Gasteiger partial charge in [0.2, 0.25) is 0 Å². The van der Waals surface area contributed by atoms with Crippen molar-refractivity contribution in [1.82, 2.24) is 0 Å². The molecule has 0 aliphatic heterocycles. The SMILES string of the molecule is CCCCCCCCCCCCCCCCC[P+](CCCCCCC)(CCCCCCC)CCCCCCC. The maximum Gasteiger partial charge on any atom is 0.0594 e. The second-order valence-corrected chi connectivity index (χ2v) is 17.9. The summed E-state index contributed by atoms with van der Waals surface area (Å²) in [6.45, 7) is 9.40. The molecule has 1 heteroatoms. The molecule has 236 valence electrons. The fraction of sp³-hybridized carbons (Fsp3) is 1.00. The monoisotopic (exact) mass is 568 g/mol. The van der Waals surface area contributed by atoms with Crippen molar-refractivity contribution in [3.8, 4) is 0 Å². The summed E-state index contributed by atoms with van der Waals surface area (Å²) in [6.07, 6.45) is 51.1. The Hall–Kier alpha value is 0.430. The highest BCUT2D eigenvalue weighted by molar-refractivity contribution is 7.75. The van der Waals surface area contributed by atoms with Gasteiger partial charge in [-0.3, -0.25) is 0 Å². The third-order valence-corrected chi connectivity index (χ3v) is 14.5. The molecule has 0 amide bonds. The van der Waals surface area contributed by atoms with Crippen LogP contribution in [0.4, 0.5) is 0 Å². The standard InChI is InChI=1S/C38H80P/c1-5-9-13-17-18-19-20-21-22-23-24-25-26-30-34-38-39(35-31-27-14-10-6-2,36-32-28-15-11-7-3)37-33-29-16-12-8-4/h5-38H2,1-4H3/q+1. The summed E-state index contributed by atoms with van der Waals surface area (Å²) in [7, 11) is -0.729. The van der Waals surface area contributed by atoms with Crippen LogP contribution < -0.4 is 0 Å². The summed E-state index contributed by atoms with van der Waals surface area (Å²) in [6, 6.07) is 0. The molecule has 0 fully saturated rings. The van der Waals surface area contributed by atoms with Crippen LogP contribution in [0.3, 0.4) is 0 Å². The highest BCUT2D eigenvalue weighted by Crippen LogP contribution is 2.61. The van der Waals surface area contributed by atoms with Crippen molar-refractivity contribution < 1.29 is 0 Å². The molecule has 0 aliphatic carbocycles. The van der Waals surface area contributed by atoms with Gasteiger partial charge in [-0.2, -0.15) is 0 Å². The van der Waals surface area contributed by atoms with Gasteiger partial charge in [-0.1, -0.05) is 169 Å². The normalized spacial score (nSPS) is 12.0. The Morgan fingerprint density at radius 1 is 0.205 bits per heavy atom. The van der Waals surface area contributed by atoms with Gasteiger partial charge in [0.15, 0.2) is 0 Å². The fourth-order valence-corrected chi connectivity index (χ4v) is 11.6. The van der Waals surface area contributed by atoms with Gasteiger partial charge in [-0.15, -0.1) is 0 Å². The van der Waals surface area contributed by atoms with E-state index in [0.717, 1.165) is 0 Å². The van der Waals surface area contributed by atoms with Gasteiger partial charge in [0.25, 0.3) is 0 Å². The van der Waals surface area contributed by atoms with Gasteiger partial charge in [0, 0.05) is 7.26 Å². The first-order valence-corrected chi connectivity index (χ1v) is 21.6. The summed E-state index contributed by atoms with van der Waals surface area (Å²) < 4.78 is 0. The quantitative estimate of drug-likeness (QED) is 0.0536.